The standard InChI is InChI=1S/C36H25N3O2/c1-23-11-20-32(39-30-7-3-5-9-33(30)41-34-10-6-4-8-31(34)39)36-35(23)28(25-16-18-27(40-2)19-17-25)21-29(38-36)26-14-12-24(22-37)13-15-26/h3-21H,1-2H3. The summed E-state index contributed by atoms with van der Waals surface area (Å²) in [6, 6.07) is 40.5. The molecule has 2 heterocycles. The number of rotatable bonds is 4. The van der Waals surface area contributed by atoms with Gasteiger partial charge in [-0.25, -0.2) is 4.98 Å². The van der Waals surface area contributed by atoms with Gasteiger partial charge in [0.2, 0.25) is 0 Å². The van der Waals surface area contributed by atoms with Gasteiger partial charge in [0.05, 0.1) is 47.0 Å². The molecule has 1 aromatic heterocycles. The molecule has 1 aliphatic rings. The second-order valence-electron chi connectivity index (χ2n) is 9.97. The van der Waals surface area contributed by atoms with Crippen molar-refractivity contribution in [1.29, 1.82) is 5.26 Å². The van der Waals surface area contributed by atoms with Crippen LogP contribution >= 0.6 is 0 Å². The Morgan fingerprint density at radius 2 is 1.37 bits per heavy atom. The van der Waals surface area contributed by atoms with E-state index in [1.807, 2.05) is 72.8 Å². The second-order valence-corrected chi connectivity index (χ2v) is 9.97. The Morgan fingerprint density at radius 3 is 2.00 bits per heavy atom. The lowest BCUT2D eigenvalue weighted by atomic mass is 9.94. The minimum absolute atomic E-state index is 0.614. The zero-order valence-electron chi connectivity index (χ0n) is 22.6. The number of anilines is 3. The SMILES string of the molecule is COc1ccc(-c2cc(-c3ccc(C#N)cc3)nc3c(N4c5ccccc5Oc5ccccc54)ccc(C)c23)cc1. The highest BCUT2D eigenvalue weighted by atomic mass is 16.5. The summed E-state index contributed by atoms with van der Waals surface area (Å²) in [5.41, 5.74) is 9.39. The van der Waals surface area contributed by atoms with Crippen LogP contribution in [-0.4, -0.2) is 12.1 Å². The maximum Gasteiger partial charge on any atom is 0.151 e. The van der Waals surface area contributed by atoms with Crippen LogP contribution in [0.4, 0.5) is 17.1 Å². The third-order valence-electron chi connectivity index (χ3n) is 7.53. The third-order valence-corrected chi connectivity index (χ3v) is 7.53. The Balaban J connectivity index is 1.55. The van der Waals surface area contributed by atoms with E-state index in [-0.39, 0.29) is 0 Å². The predicted molar refractivity (Wildman–Crippen MR) is 163 cm³/mol. The van der Waals surface area contributed by atoms with Crippen LogP contribution in [0.3, 0.4) is 0 Å². The van der Waals surface area contributed by atoms with Crippen LogP contribution in [0.5, 0.6) is 17.2 Å². The van der Waals surface area contributed by atoms with Crippen molar-refractivity contribution in [3.63, 3.8) is 0 Å². The molecule has 7 rings (SSSR count). The van der Waals surface area contributed by atoms with E-state index in [9.17, 15) is 5.26 Å². The maximum absolute atomic E-state index is 9.36. The Morgan fingerprint density at radius 1 is 0.732 bits per heavy atom. The van der Waals surface area contributed by atoms with Gasteiger partial charge in [-0.05, 0) is 84.3 Å². The van der Waals surface area contributed by atoms with Gasteiger partial charge >= 0.3 is 0 Å². The summed E-state index contributed by atoms with van der Waals surface area (Å²) in [7, 11) is 1.67. The van der Waals surface area contributed by atoms with Crippen molar-refractivity contribution in [3.05, 3.63) is 126 Å². The first-order valence-corrected chi connectivity index (χ1v) is 13.4. The fourth-order valence-corrected chi connectivity index (χ4v) is 5.50. The maximum atomic E-state index is 9.36. The average molecular weight is 532 g/mol. The molecule has 0 fully saturated rings. The second kappa shape index (κ2) is 9.86. The van der Waals surface area contributed by atoms with E-state index in [1.54, 1.807) is 7.11 Å². The van der Waals surface area contributed by atoms with Crippen molar-refractivity contribution in [2.24, 2.45) is 0 Å². The van der Waals surface area contributed by atoms with Crippen LogP contribution in [0.1, 0.15) is 11.1 Å². The number of hydrogen-bond acceptors (Lipinski definition) is 5. The zero-order valence-corrected chi connectivity index (χ0v) is 22.6. The Labute approximate surface area is 238 Å². The molecule has 5 heteroatoms. The number of para-hydroxylation sites is 4. The third kappa shape index (κ3) is 4.14. The van der Waals surface area contributed by atoms with Gasteiger partial charge in [-0.15, -0.1) is 0 Å². The monoisotopic (exact) mass is 531 g/mol. The van der Waals surface area contributed by atoms with Crippen molar-refractivity contribution >= 4 is 28.0 Å². The molecule has 0 spiro atoms. The summed E-state index contributed by atoms with van der Waals surface area (Å²) in [6.07, 6.45) is 0. The van der Waals surface area contributed by atoms with Gasteiger partial charge in [0.15, 0.2) is 11.5 Å². The lowest BCUT2D eigenvalue weighted by Crippen LogP contribution is -2.16. The molecule has 0 bridgehead atoms. The Bertz CT molecular complexity index is 1930. The molecule has 0 N–H and O–H groups in total. The van der Waals surface area contributed by atoms with E-state index in [0.29, 0.717) is 5.56 Å². The van der Waals surface area contributed by atoms with Gasteiger partial charge < -0.3 is 14.4 Å². The van der Waals surface area contributed by atoms with Gasteiger partial charge in [0.25, 0.3) is 0 Å². The molecule has 0 radical (unpaired) electrons. The fourth-order valence-electron chi connectivity index (χ4n) is 5.50. The van der Waals surface area contributed by atoms with Gasteiger partial charge in [-0.2, -0.15) is 5.26 Å². The molecule has 0 unspecified atom stereocenters. The van der Waals surface area contributed by atoms with Gasteiger partial charge in [0, 0.05) is 10.9 Å². The van der Waals surface area contributed by atoms with E-state index in [2.05, 4.69) is 60.4 Å². The molecular weight excluding hydrogens is 506 g/mol. The summed E-state index contributed by atoms with van der Waals surface area (Å²) < 4.78 is 11.7. The van der Waals surface area contributed by atoms with Crippen LogP contribution in [0.2, 0.25) is 0 Å². The average Bonchev–Trinajstić information content (AvgIpc) is 3.03. The topological polar surface area (TPSA) is 58.4 Å². The summed E-state index contributed by atoms with van der Waals surface area (Å²) >= 11 is 0. The summed E-state index contributed by atoms with van der Waals surface area (Å²) in [4.78, 5) is 7.55. The molecule has 0 saturated carbocycles. The molecule has 196 valence electrons. The minimum Gasteiger partial charge on any atom is -0.497 e. The Hall–Kier alpha value is -5.60. The first kappa shape index (κ1) is 24.4. The van der Waals surface area contributed by atoms with Crippen LogP contribution in [-0.2, 0) is 0 Å². The highest BCUT2D eigenvalue weighted by Crippen LogP contribution is 2.52. The van der Waals surface area contributed by atoms with Crippen LogP contribution in [0.25, 0.3) is 33.3 Å². The number of benzene rings is 5. The molecule has 0 atom stereocenters. The molecule has 0 saturated heterocycles. The first-order valence-electron chi connectivity index (χ1n) is 13.4. The van der Waals surface area contributed by atoms with Gasteiger partial charge in [-0.1, -0.05) is 54.6 Å². The molecular formula is C36H25N3O2. The Kier molecular flexibility index (Phi) is 5.88. The largest absolute Gasteiger partial charge is 0.497 e. The van der Waals surface area contributed by atoms with E-state index < -0.39 is 0 Å². The number of nitriles is 1. The quantitative estimate of drug-likeness (QED) is 0.226. The van der Waals surface area contributed by atoms with Crippen molar-refractivity contribution in [1.82, 2.24) is 4.98 Å². The highest BCUT2D eigenvalue weighted by Gasteiger charge is 2.28. The van der Waals surface area contributed by atoms with Gasteiger partial charge in [-0.3, -0.25) is 0 Å². The first-order chi connectivity index (χ1) is 20.1. The van der Waals surface area contributed by atoms with E-state index >= 15 is 0 Å². The van der Waals surface area contributed by atoms with Gasteiger partial charge in [0.1, 0.15) is 5.75 Å². The number of nitrogens with zero attached hydrogens (tertiary/aromatic N) is 3. The number of methoxy groups -OCH3 is 1. The minimum atomic E-state index is 0.614. The normalized spacial score (nSPS) is 11.8. The predicted octanol–water partition coefficient (Wildman–Crippen LogP) is 9.33. The number of aryl methyl sites for hydroxylation is 1. The van der Waals surface area contributed by atoms with E-state index in [4.69, 9.17) is 14.5 Å². The summed E-state index contributed by atoms with van der Waals surface area (Å²) in [5, 5.41) is 10.4. The van der Waals surface area contributed by atoms with E-state index in [0.717, 1.165) is 73.2 Å². The van der Waals surface area contributed by atoms with Crippen molar-refractivity contribution in [2.75, 3.05) is 12.0 Å². The number of aromatic nitrogens is 1. The zero-order chi connectivity index (χ0) is 27.9. The molecule has 0 aliphatic carbocycles. The number of hydrogen-bond donors (Lipinski definition) is 0. The summed E-state index contributed by atoms with van der Waals surface area (Å²) in [5.74, 6) is 2.38. The fraction of sp³-hybridized carbons (Fsp3) is 0.0556. The molecule has 6 aromatic rings. The van der Waals surface area contributed by atoms with Crippen molar-refractivity contribution < 1.29 is 9.47 Å². The lowest BCUT2D eigenvalue weighted by Gasteiger charge is -2.33. The van der Waals surface area contributed by atoms with Crippen LogP contribution in [0.15, 0.2) is 115 Å². The molecule has 0 amide bonds. The van der Waals surface area contributed by atoms with Crippen molar-refractivity contribution in [2.45, 2.75) is 6.92 Å². The van der Waals surface area contributed by atoms with Crippen molar-refractivity contribution in [3.8, 4) is 45.7 Å². The molecule has 1 aliphatic heterocycles. The summed E-state index contributed by atoms with van der Waals surface area (Å²) in [6.45, 7) is 2.13. The lowest BCUT2D eigenvalue weighted by molar-refractivity contribution is 0.415. The van der Waals surface area contributed by atoms with E-state index in [1.165, 1.54) is 0 Å². The molecule has 5 nitrogen and oxygen atoms in total. The number of fused-ring (bicyclic) bond motifs is 3. The van der Waals surface area contributed by atoms with Crippen LogP contribution < -0.4 is 14.4 Å². The molecule has 41 heavy (non-hydrogen) atoms. The van der Waals surface area contributed by atoms with Crippen LogP contribution in [0, 0.1) is 18.3 Å². The number of pyridine rings is 1. The number of ether oxygens (including phenoxy) is 2. The smallest absolute Gasteiger partial charge is 0.151 e. The highest BCUT2D eigenvalue weighted by molar-refractivity contribution is 6.07. The molecule has 5 aromatic carbocycles.